The summed E-state index contributed by atoms with van der Waals surface area (Å²) in [4.78, 5) is 16.2. The highest BCUT2D eigenvalue weighted by Crippen LogP contribution is 1.96. The minimum atomic E-state index is -0.114. The van der Waals surface area contributed by atoms with E-state index in [1.54, 1.807) is 0 Å². The fraction of sp³-hybridized carbons (Fsp3) is 0.600. The van der Waals surface area contributed by atoms with Crippen molar-refractivity contribution in [1.29, 1.82) is 0 Å². The van der Waals surface area contributed by atoms with Crippen molar-refractivity contribution in [3.8, 4) is 0 Å². The molecule has 0 unspecified atom stereocenters. The zero-order valence-corrected chi connectivity index (χ0v) is 19.4. The Balaban J connectivity index is 0.00000729. The number of unbranched alkanes of at least 4 members (excludes halogenated alkanes) is 1. The predicted octanol–water partition coefficient (Wildman–Crippen LogP) is 2.31. The van der Waals surface area contributed by atoms with Crippen LogP contribution in [0.25, 0.3) is 0 Å². The Hall–Kier alpha value is -1.39. The van der Waals surface area contributed by atoms with Crippen LogP contribution in [0.4, 0.5) is 0 Å². The van der Waals surface area contributed by atoms with Crippen molar-refractivity contribution in [2.75, 3.05) is 46.1 Å². The van der Waals surface area contributed by atoms with Gasteiger partial charge < -0.3 is 25.4 Å². The van der Waals surface area contributed by atoms with E-state index < -0.39 is 0 Å². The molecular formula is C20H35IN4O3. The average Bonchev–Trinajstić information content (AvgIpc) is 2.70. The molecule has 0 aliphatic carbocycles. The number of carbonyl (C=O) groups excluding carboxylic acids is 1. The normalized spacial score (nSPS) is 10.9. The summed E-state index contributed by atoms with van der Waals surface area (Å²) in [6, 6.07) is 9.81. The summed E-state index contributed by atoms with van der Waals surface area (Å²) in [7, 11) is 0. The molecule has 0 atom stereocenters. The number of carbonyl (C=O) groups is 1. The lowest BCUT2D eigenvalue weighted by molar-refractivity contribution is -0.119. The molecule has 1 aromatic carbocycles. The van der Waals surface area contributed by atoms with Gasteiger partial charge in [0.05, 0.1) is 19.8 Å². The van der Waals surface area contributed by atoms with Crippen molar-refractivity contribution in [1.82, 2.24) is 16.0 Å². The smallest absolute Gasteiger partial charge is 0.242 e. The van der Waals surface area contributed by atoms with Crippen LogP contribution in [-0.2, 0) is 20.8 Å². The molecule has 0 bridgehead atoms. The fourth-order valence-corrected chi connectivity index (χ4v) is 2.15. The molecule has 3 N–H and O–H groups in total. The van der Waals surface area contributed by atoms with Gasteiger partial charge in [-0.15, -0.1) is 24.0 Å². The van der Waals surface area contributed by atoms with Crippen LogP contribution in [0.1, 0.15) is 32.3 Å². The zero-order chi connectivity index (χ0) is 19.6. The highest BCUT2D eigenvalue weighted by atomic mass is 127. The SMILES string of the molecule is CCCCOCCOCCNC(=NCC(=O)NCc1ccccc1)NCC.I. The number of nitrogens with zero attached hydrogens (tertiary/aromatic N) is 1. The third kappa shape index (κ3) is 14.6. The molecule has 0 aliphatic heterocycles. The molecule has 0 aliphatic rings. The lowest BCUT2D eigenvalue weighted by atomic mass is 10.2. The van der Waals surface area contributed by atoms with Gasteiger partial charge in [0.1, 0.15) is 6.54 Å². The first-order valence-corrected chi connectivity index (χ1v) is 9.74. The molecule has 0 saturated heterocycles. The van der Waals surface area contributed by atoms with Crippen LogP contribution >= 0.6 is 24.0 Å². The first-order valence-electron chi connectivity index (χ1n) is 9.74. The van der Waals surface area contributed by atoms with Crippen molar-refractivity contribution in [3.05, 3.63) is 35.9 Å². The van der Waals surface area contributed by atoms with Gasteiger partial charge >= 0.3 is 0 Å². The van der Waals surface area contributed by atoms with Gasteiger partial charge in [-0.2, -0.15) is 0 Å². The molecule has 0 aromatic heterocycles. The second kappa shape index (κ2) is 18.9. The van der Waals surface area contributed by atoms with Crippen molar-refractivity contribution in [3.63, 3.8) is 0 Å². The molecule has 28 heavy (non-hydrogen) atoms. The summed E-state index contributed by atoms with van der Waals surface area (Å²) in [6.45, 7) is 8.61. The van der Waals surface area contributed by atoms with Crippen molar-refractivity contribution < 1.29 is 14.3 Å². The Bertz CT molecular complexity index is 529. The second-order valence-corrected chi connectivity index (χ2v) is 5.96. The number of nitrogens with one attached hydrogen (secondary N) is 3. The maximum Gasteiger partial charge on any atom is 0.242 e. The zero-order valence-electron chi connectivity index (χ0n) is 17.0. The molecule has 0 heterocycles. The van der Waals surface area contributed by atoms with Crippen LogP contribution in [-0.4, -0.2) is 57.9 Å². The summed E-state index contributed by atoms with van der Waals surface area (Å²) >= 11 is 0. The van der Waals surface area contributed by atoms with E-state index in [4.69, 9.17) is 9.47 Å². The third-order valence-electron chi connectivity index (χ3n) is 3.61. The van der Waals surface area contributed by atoms with Crippen LogP contribution in [0, 0.1) is 0 Å². The topological polar surface area (TPSA) is 84.0 Å². The van der Waals surface area contributed by atoms with Gasteiger partial charge in [0.25, 0.3) is 0 Å². The summed E-state index contributed by atoms with van der Waals surface area (Å²) in [6.07, 6.45) is 2.23. The highest BCUT2D eigenvalue weighted by Gasteiger charge is 2.02. The molecule has 1 rings (SSSR count). The number of aliphatic imine (C=N–C) groups is 1. The number of guanidine groups is 1. The van der Waals surface area contributed by atoms with Gasteiger partial charge in [-0.05, 0) is 18.9 Å². The minimum Gasteiger partial charge on any atom is -0.379 e. The minimum absolute atomic E-state index is 0. The van der Waals surface area contributed by atoms with Crippen LogP contribution in [0.5, 0.6) is 0 Å². The number of hydrogen-bond acceptors (Lipinski definition) is 4. The van der Waals surface area contributed by atoms with Crippen molar-refractivity contribution in [2.45, 2.75) is 33.2 Å². The summed E-state index contributed by atoms with van der Waals surface area (Å²) in [5.41, 5.74) is 1.07. The second-order valence-electron chi connectivity index (χ2n) is 5.96. The summed E-state index contributed by atoms with van der Waals surface area (Å²) in [5, 5.41) is 9.13. The lowest BCUT2D eigenvalue weighted by Gasteiger charge is -2.11. The van der Waals surface area contributed by atoms with Gasteiger partial charge in [0.15, 0.2) is 5.96 Å². The first-order chi connectivity index (χ1) is 13.3. The Morgan fingerprint density at radius 3 is 2.36 bits per heavy atom. The molecule has 8 heteroatoms. The molecule has 0 saturated carbocycles. The largest absolute Gasteiger partial charge is 0.379 e. The number of ether oxygens (including phenoxy) is 2. The van der Waals surface area contributed by atoms with Gasteiger partial charge in [-0.1, -0.05) is 43.7 Å². The summed E-state index contributed by atoms with van der Waals surface area (Å²) < 4.78 is 10.9. The lowest BCUT2D eigenvalue weighted by Crippen LogP contribution is -2.40. The van der Waals surface area contributed by atoms with Gasteiger partial charge in [0, 0.05) is 26.2 Å². The van der Waals surface area contributed by atoms with Crippen LogP contribution in [0.2, 0.25) is 0 Å². The molecule has 1 aromatic rings. The van der Waals surface area contributed by atoms with E-state index in [1.807, 2.05) is 37.3 Å². The number of rotatable bonds is 14. The highest BCUT2D eigenvalue weighted by molar-refractivity contribution is 14.0. The Morgan fingerprint density at radius 2 is 1.68 bits per heavy atom. The number of hydrogen-bond donors (Lipinski definition) is 3. The van der Waals surface area contributed by atoms with E-state index in [0.717, 1.165) is 31.6 Å². The van der Waals surface area contributed by atoms with E-state index in [-0.39, 0.29) is 36.4 Å². The Morgan fingerprint density at radius 1 is 0.964 bits per heavy atom. The molecule has 160 valence electrons. The molecule has 0 radical (unpaired) electrons. The average molecular weight is 506 g/mol. The first kappa shape index (κ1) is 26.6. The number of halogens is 1. The van der Waals surface area contributed by atoms with Crippen molar-refractivity contribution >= 4 is 35.8 Å². The molecule has 0 fully saturated rings. The van der Waals surface area contributed by atoms with E-state index >= 15 is 0 Å². The quantitative estimate of drug-likeness (QED) is 0.156. The molecular weight excluding hydrogens is 471 g/mol. The van der Waals surface area contributed by atoms with E-state index in [2.05, 4.69) is 27.9 Å². The van der Waals surface area contributed by atoms with Gasteiger partial charge in [-0.3, -0.25) is 4.79 Å². The molecule has 1 amide bonds. The third-order valence-corrected chi connectivity index (χ3v) is 3.61. The number of benzene rings is 1. The van der Waals surface area contributed by atoms with E-state index in [0.29, 0.717) is 38.9 Å². The number of amides is 1. The van der Waals surface area contributed by atoms with Gasteiger partial charge in [0.2, 0.25) is 5.91 Å². The Labute approximate surface area is 186 Å². The standard InChI is InChI=1S/C20H34N4O3.HI/c1-3-5-12-26-14-15-27-13-11-22-20(21-4-2)24-17-19(25)23-16-18-9-7-6-8-10-18;/h6-10H,3-5,11-17H2,1-2H3,(H,23,25)(H2,21,22,24);1H. The van der Waals surface area contributed by atoms with E-state index in [9.17, 15) is 4.79 Å². The predicted molar refractivity (Wildman–Crippen MR) is 124 cm³/mol. The van der Waals surface area contributed by atoms with Crippen molar-refractivity contribution in [2.24, 2.45) is 4.99 Å². The maximum absolute atomic E-state index is 11.9. The Kier molecular flexibility index (Phi) is 18.0. The van der Waals surface area contributed by atoms with Crippen LogP contribution in [0.15, 0.2) is 35.3 Å². The van der Waals surface area contributed by atoms with Gasteiger partial charge in [-0.25, -0.2) is 4.99 Å². The van der Waals surface area contributed by atoms with Crippen LogP contribution < -0.4 is 16.0 Å². The maximum atomic E-state index is 11.9. The van der Waals surface area contributed by atoms with E-state index in [1.165, 1.54) is 0 Å². The van der Waals surface area contributed by atoms with Crippen LogP contribution in [0.3, 0.4) is 0 Å². The summed E-state index contributed by atoms with van der Waals surface area (Å²) in [5.74, 6) is 0.492. The molecule has 7 nitrogen and oxygen atoms in total. The monoisotopic (exact) mass is 506 g/mol. The fourth-order valence-electron chi connectivity index (χ4n) is 2.15. The molecule has 0 spiro atoms.